The van der Waals surface area contributed by atoms with Crippen molar-refractivity contribution in [1.82, 2.24) is 15.1 Å². The van der Waals surface area contributed by atoms with Gasteiger partial charge < -0.3 is 20.2 Å². The van der Waals surface area contributed by atoms with Gasteiger partial charge in [-0.1, -0.05) is 60.7 Å². The molecule has 2 N–H and O–H groups in total. The maximum Gasteiger partial charge on any atom is 0.318 e. The predicted octanol–water partition coefficient (Wildman–Crippen LogP) is 1.31. The summed E-state index contributed by atoms with van der Waals surface area (Å²) >= 11 is 0. The van der Waals surface area contributed by atoms with Gasteiger partial charge >= 0.3 is 6.03 Å². The number of likely N-dealkylation sites (tertiary alicyclic amines) is 1. The van der Waals surface area contributed by atoms with E-state index in [1.54, 1.807) is 4.90 Å². The zero-order valence-corrected chi connectivity index (χ0v) is 13.6. The first-order valence-corrected chi connectivity index (χ1v) is 8.29. The fourth-order valence-electron chi connectivity index (χ4n) is 3.56. The van der Waals surface area contributed by atoms with E-state index in [9.17, 15) is 14.7 Å². The van der Waals surface area contributed by atoms with Crippen LogP contribution < -0.4 is 5.32 Å². The maximum atomic E-state index is 12.7. The van der Waals surface area contributed by atoms with Gasteiger partial charge in [-0.15, -0.1) is 0 Å². The summed E-state index contributed by atoms with van der Waals surface area (Å²) in [5, 5.41) is 13.4. The molecule has 0 aromatic heterocycles. The average Bonchev–Trinajstić information content (AvgIpc) is 3.07. The van der Waals surface area contributed by atoms with Crippen molar-refractivity contribution in [2.45, 2.75) is 31.4 Å². The highest BCUT2D eigenvalue weighted by Crippen LogP contribution is 2.30. The lowest BCUT2D eigenvalue weighted by Gasteiger charge is -2.28. The minimum Gasteiger partial charge on any atom is -0.371 e. The van der Waals surface area contributed by atoms with E-state index in [2.05, 4.69) is 5.32 Å². The van der Waals surface area contributed by atoms with Crippen molar-refractivity contribution in [2.75, 3.05) is 0 Å². The summed E-state index contributed by atoms with van der Waals surface area (Å²) in [6.07, 6.45) is -1.03. The summed E-state index contributed by atoms with van der Waals surface area (Å²) in [5.41, 5.74) is 1.90. The number of nitrogens with zero attached hydrogens (tertiary/aromatic N) is 2. The fraction of sp³-hybridized carbons (Fsp3) is 0.263. The monoisotopic (exact) mass is 337 g/mol. The molecule has 2 fully saturated rings. The third-order valence-electron chi connectivity index (χ3n) is 4.81. The van der Waals surface area contributed by atoms with E-state index in [0.717, 1.165) is 11.1 Å². The maximum absolute atomic E-state index is 12.7. The number of benzene rings is 2. The molecule has 0 bridgehead atoms. The summed E-state index contributed by atoms with van der Waals surface area (Å²) in [6, 6.07) is 17.5. The molecule has 2 heterocycles. The first-order chi connectivity index (χ1) is 12.1. The lowest BCUT2D eigenvalue weighted by molar-refractivity contribution is -0.135. The van der Waals surface area contributed by atoms with Gasteiger partial charge in [-0.25, -0.2) is 4.79 Å². The van der Waals surface area contributed by atoms with E-state index >= 15 is 0 Å². The van der Waals surface area contributed by atoms with E-state index < -0.39 is 18.3 Å². The molecule has 2 aromatic rings. The Morgan fingerprint density at radius 1 is 0.840 bits per heavy atom. The number of fused-ring (bicyclic) bond motifs is 1. The number of urea groups is 1. The molecule has 2 aliphatic heterocycles. The van der Waals surface area contributed by atoms with Crippen molar-refractivity contribution in [3.8, 4) is 0 Å². The zero-order chi connectivity index (χ0) is 17.4. The number of amides is 3. The molecule has 6 nitrogen and oxygen atoms in total. The van der Waals surface area contributed by atoms with Gasteiger partial charge in [0.25, 0.3) is 0 Å². The second kappa shape index (κ2) is 6.22. The second-order valence-electron chi connectivity index (χ2n) is 6.40. The molecule has 6 heteroatoms. The Morgan fingerprint density at radius 2 is 1.36 bits per heavy atom. The quantitative estimate of drug-likeness (QED) is 0.883. The van der Waals surface area contributed by atoms with Crippen LogP contribution in [0.15, 0.2) is 60.7 Å². The van der Waals surface area contributed by atoms with Gasteiger partial charge in [0.1, 0.15) is 12.1 Å². The predicted molar refractivity (Wildman–Crippen MR) is 91.1 cm³/mol. The van der Waals surface area contributed by atoms with Crippen LogP contribution in [0.2, 0.25) is 0 Å². The summed E-state index contributed by atoms with van der Waals surface area (Å²) in [7, 11) is 0. The highest BCUT2D eigenvalue weighted by atomic mass is 16.3. The van der Waals surface area contributed by atoms with E-state index in [1.165, 1.54) is 4.90 Å². The Balaban J connectivity index is 1.56. The molecule has 0 radical (unpaired) electrons. The van der Waals surface area contributed by atoms with Gasteiger partial charge in [0.15, 0.2) is 6.23 Å². The van der Waals surface area contributed by atoms with Crippen molar-refractivity contribution in [3.63, 3.8) is 0 Å². The Bertz CT molecular complexity index is 781. The number of carbonyl (C=O) groups is 2. The molecule has 0 unspecified atom stereocenters. The number of hydrogen-bond donors (Lipinski definition) is 2. The van der Waals surface area contributed by atoms with Crippen molar-refractivity contribution in [1.29, 1.82) is 0 Å². The Kier molecular flexibility index (Phi) is 3.89. The minimum absolute atomic E-state index is 0.245. The standard InChI is InChI=1S/C19H19N3O3/c23-17-15-16(18(24)22(17)12-14-9-5-2-6-10-14)21(19(25)20-15)11-13-7-3-1-4-8-13/h1-10,15-16,18,24H,11-12H2,(H,20,25)/t15-,16+,18+/m0/s1. The first-order valence-electron chi connectivity index (χ1n) is 8.29. The summed E-state index contributed by atoms with van der Waals surface area (Å²) in [6.45, 7) is 0.681. The number of nitrogens with one attached hydrogen (secondary N) is 1. The number of aliphatic hydroxyl groups excluding tert-OH is 1. The molecule has 3 amide bonds. The van der Waals surface area contributed by atoms with Crippen LogP contribution in [-0.4, -0.2) is 45.2 Å². The number of carbonyl (C=O) groups excluding carboxylic acids is 2. The number of hydrogen-bond acceptors (Lipinski definition) is 3. The summed E-state index contributed by atoms with van der Waals surface area (Å²) in [4.78, 5) is 27.9. The van der Waals surface area contributed by atoms with Gasteiger partial charge in [-0.05, 0) is 11.1 Å². The number of rotatable bonds is 4. The van der Waals surface area contributed by atoms with E-state index in [-0.39, 0.29) is 11.9 Å². The molecule has 2 saturated heterocycles. The molecule has 25 heavy (non-hydrogen) atoms. The topological polar surface area (TPSA) is 72.9 Å². The second-order valence-corrected chi connectivity index (χ2v) is 6.40. The highest BCUT2D eigenvalue weighted by molar-refractivity contribution is 5.94. The van der Waals surface area contributed by atoms with Gasteiger partial charge in [-0.3, -0.25) is 4.79 Å². The molecule has 4 rings (SSSR count). The van der Waals surface area contributed by atoms with Crippen molar-refractivity contribution >= 4 is 11.9 Å². The zero-order valence-electron chi connectivity index (χ0n) is 13.6. The average molecular weight is 337 g/mol. The molecule has 3 atom stereocenters. The third kappa shape index (κ3) is 2.74. The Hall–Kier alpha value is -2.86. The van der Waals surface area contributed by atoms with Crippen molar-refractivity contribution in [3.05, 3.63) is 71.8 Å². The van der Waals surface area contributed by atoms with Crippen LogP contribution in [0.1, 0.15) is 11.1 Å². The Labute approximate surface area is 145 Å². The lowest BCUT2D eigenvalue weighted by Crippen LogP contribution is -2.45. The van der Waals surface area contributed by atoms with Crippen molar-refractivity contribution < 1.29 is 14.7 Å². The third-order valence-corrected chi connectivity index (χ3v) is 4.81. The minimum atomic E-state index is -1.03. The molecular weight excluding hydrogens is 318 g/mol. The van der Waals surface area contributed by atoms with E-state index in [0.29, 0.717) is 13.1 Å². The molecular formula is C19H19N3O3. The van der Waals surface area contributed by atoms with E-state index in [1.807, 2.05) is 60.7 Å². The van der Waals surface area contributed by atoms with Crippen molar-refractivity contribution in [2.24, 2.45) is 0 Å². The Morgan fingerprint density at radius 3 is 1.92 bits per heavy atom. The van der Waals surface area contributed by atoms with Crippen LogP contribution in [0.4, 0.5) is 4.79 Å². The summed E-state index contributed by atoms with van der Waals surface area (Å²) < 4.78 is 0. The number of aliphatic hydroxyl groups is 1. The molecule has 0 aliphatic carbocycles. The molecule has 128 valence electrons. The normalized spacial score (nSPS) is 25.2. The van der Waals surface area contributed by atoms with Crippen LogP contribution in [0.5, 0.6) is 0 Å². The van der Waals surface area contributed by atoms with Crippen LogP contribution in [0.3, 0.4) is 0 Å². The molecule has 2 aliphatic rings. The van der Waals surface area contributed by atoms with Crippen LogP contribution >= 0.6 is 0 Å². The molecule has 2 aromatic carbocycles. The fourth-order valence-corrected chi connectivity index (χ4v) is 3.56. The van der Waals surface area contributed by atoms with Crippen LogP contribution in [0, 0.1) is 0 Å². The van der Waals surface area contributed by atoms with Gasteiger partial charge in [-0.2, -0.15) is 0 Å². The first kappa shape index (κ1) is 15.7. The van der Waals surface area contributed by atoms with Gasteiger partial charge in [0.05, 0.1) is 0 Å². The van der Waals surface area contributed by atoms with Gasteiger partial charge in [0.2, 0.25) is 5.91 Å². The molecule has 0 spiro atoms. The van der Waals surface area contributed by atoms with Gasteiger partial charge in [0, 0.05) is 13.1 Å². The molecule has 0 saturated carbocycles. The SMILES string of the molecule is O=C1N[C@@H]2C(=O)N(Cc3ccccc3)[C@H](O)[C@@H]2N1Cc1ccccc1. The largest absolute Gasteiger partial charge is 0.371 e. The van der Waals surface area contributed by atoms with E-state index in [4.69, 9.17) is 0 Å². The smallest absolute Gasteiger partial charge is 0.318 e. The highest BCUT2D eigenvalue weighted by Gasteiger charge is 2.56. The lowest BCUT2D eigenvalue weighted by atomic mass is 10.1. The van der Waals surface area contributed by atoms with Crippen LogP contribution in [-0.2, 0) is 17.9 Å². The summed E-state index contributed by atoms with van der Waals surface area (Å²) in [5.74, 6) is -0.245. The van der Waals surface area contributed by atoms with Crippen LogP contribution in [0.25, 0.3) is 0 Å².